The summed E-state index contributed by atoms with van der Waals surface area (Å²) in [6, 6.07) is 8.27. The Balaban J connectivity index is 0.00000729. The number of ether oxygens (including phenoxy) is 3. The van der Waals surface area contributed by atoms with Gasteiger partial charge < -0.3 is 24.8 Å². The normalized spacial score (nSPS) is 12.2. The molecule has 6 nitrogen and oxygen atoms in total. The largest absolute Gasteiger partial charge is 0.497 e. The third-order valence-corrected chi connectivity index (χ3v) is 4.33. The first-order chi connectivity index (χ1) is 13.2. The van der Waals surface area contributed by atoms with Crippen LogP contribution in [0.4, 0.5) is 0 Å². The molecule has 0 saturated heterocycles. The number of nitrogens with zero attached hydrogens (tertiary/aromatic N) is 1. The molecule has 1 rings (SSSR count). The van der Waals surface area contributed by atoms with Crippen LogP contribution in [0.3, 0.4) is 0 Å². The number of benzene rings is 1. The van der Waals surface area contributed by atoms with Crippen molar-refractivity contribution < 1.29 is 14.2 Å². The van der Waals surface area contributed by atoms with Crippen LogP contribution in [-0.2, 0) is 9.47 Å². The van der Waals surface area contributed by atoms with Crippen LogP contribution in [0, 0.1) is 0 Å². The molecule has 1 aromatic rings. The van der Waals surface area contributed by atoms with Gasteiger partial charge in [-0.1, -0.05) is 32.4 Å². The van der Waals surface area contributed by atoms with Crippen LogP contribution >= 0.6 is 24.0 Å². The summed E-state index contributed by atoms with van der Waals surface area (Å²) in [5.41, 5.74) is 1.31. The van der Waals surface area contributed by atoms with E-state index in [0.29, 0.717) is 25.7 Å². The molecule has 0 spiro atoms. The molecule has 0 heterocycles. The lowest BCUT2D eigenvalue weighted by Gasteiger charge is -2.15. The van der Waals surface area contributed by atoms with Crippen molar-refractivity contribution in [2.75, 3.05) is 53.7 Å². The van der Waals surface area contributed by atoms with Gasteiger partial charge in [0.1, 0.15) is 5.75 Å². The number of unbranched alkanes of at least 4 members (excludes halogenated alkanes) is 1. The number of guanidine groups is 1. The van der Waals surface area contributed by atoms with Crippen LogP contribution in [0.1, 0.15) is 44.6 Å². The smallest absolute Gasteiger partial charge is 0.191 e. The molecule has 0 amide bonds. The number of methoxy groups -OCH3 is 1. The van der Waals surface area contributed by atoms with Crippen LogP contribution in [-0.4, -0.2) is 59.6 Å². The third-order valence-electron chi connectivity index (χ3n) is 4.33. The molecular formula is C21H38IN3O3. The van der Waals surface area contributed by atoms with Crippen LogP contribution < -0.4 is 15.4 Å². The van der Waals surface area contributed by atoms with Gasteiger partial charge in [-0.2, -0.15) is 0 Å². The van der Waals surface area contributed by atoms with Crippen molar-refractivity contribution in [1.82, 2.24) is 10.6 Å². The van der Waals surface area contributed by atoms with Gasteiger partial charge >= 0.3 is 0 Å². The van der Waals surface area contributed by atoms with E-state index in [1.807, 2.05) is 12.1 Å². The number of hydrogen-bond acceptors (Lipinski definition) is 4. The monoisotopic (exact) mass is 507 g/mol. The molecule has 0 aliphatic carbocycles. The summed E-state index contributed by atoms with van der Waals surface area (Å²) >= 11 is 0. The minimum Gasteiger partial charge on any atom is -0.497 e. The Bertz CT molecular complexity index is 512. The highest BCUT2D eigenvalue weighted by Crippen LogP contribution is 2.21. The highest BCUT2D eigenvalue weighted by molar-refractivity contribution is 14.0. The maximum Gasteiger partial charge on any atom is 0.191 e. The predicted octanol–water partition coefficient (Wildman–Crippen LogP) is 3.81. The number of hydrogen-bond donors (Lipinski definition) is 2. The molecule has 0 aliphatic heterocycles. The minimum absolute atomic E-state index is 0. The van der Waals surface area contributed by atoms with Gasteiger partial charge in [-0.25, -0.2) is 0 Å². The van der Waals surface area contributed by atoms with Gasteiger partial charge in [0.15, 0.2) is 5.96 Å². The average Bonchev–Trinajstić information content (AvgIpc) is 2.71. The fraction of sp³-hybridized carbons (Fsp3) is 0.667. The highest BCUT2D eigenvalue weighted by Gasteiger charge is 2.06. The van der Waals surface area contributed by atoms with E-state index in [9.17, 15) is 0 Å². The Kier molecular flexibility index (Phi) is 17.3. The predicted molar refractivity (Wildman–Crippen MR) is 127 cm³/mol. The molecule has 0 radical (unpaired) electrons. The second-order valence-electron chi connectivity index (χ2n) is 6.47. The summed E-state index contributed by atoms with van der Waals surface area (Å²) < 4.78 is 16.2. The first-order valence-corrected chi connectivity index (χ1v) is 9.95. The standard InChI is InChI=1S/C21H37N3O3.HI/c1-5-6-14-26-16-17-27-15-13-24-21(22-3)23-12-11-18(2)19-7-9-20(25-4)10-8-19;/h7-10,18H,5-6,11-17H2,1-4H3,(H2,22,23,24);1H. The number of halogens is 1. The Labute approximate surface area is 187 Å². The molecule has 2 N–H and O–H groups in total. The molecule has 28 heavy (non-hydrogen) atoms. The van der Waals surface area contributed by atoms with E-state index in [2.05, 4.69) is 41.6 Å². The Morgan fingerprint density at radius 2 is 1.64 bits per heavy atom. The zero-order chi connectivity index (χ0) is 19.7. The topological polar surface area (TPSA) is 64.1 Å². The zero-order valence-electron chi connectivity index (χ0n) is 17.8. The SMILES string of the molecule is CCCCOCCOCCNC(=NC)NCCC(C)c1ccc(OC)cc1.I. The second kappa shape index (κ2) is 18.0. The van der Waals surface area contributed by atoms with Crippen molar-refractivity contribution in [2.24, 2.45) is 4.99 Å². The minimum atomic E-state index is 0. The molecule has 1 unspecified atom stereocenters. The van der Waals surface area contributed by atoms with E-state index in [1.54, 1.807) is 14.2 Å². The van der Waals surface area contributed by atoms with Crippen LogP contribution in [0.15, 0.2) is 29.3 Å². The third kappa shape index (κ3) is 12.4. The quantitative estimate of drug-likeness (QED) is 0.174. The number of nitrogens with one attached hydrogen (secondary N) is 2. The molecular weight excluding hydrogens is 469 g/mol. The average molecular weight is 507 g/mol. The fourth-order valence-corrected chi connectivity index (χ4v) is 2.54. The maximum atomic E-state index is 5.55. The van der Waals surface area contributed by atoms with Crippen molar-refractivity contribution >= 4 is 29.9 Å². The van der Waals surface area contributed by atoms with E-state index in [4.69, 9.17) is 14.2 Å². The van der Waals surface area contributed by atoms with Crippen molar-refractivity contribution in [3.05, 3.63) is 29.8 Å². The van der Waals surface area contributed by atoms with Crippen LogP contribution in [0.25, 0.3) is 0 Å². The van der Waals surface area contributed by atoms with Gasteiger partial charge in [-0.15, -0.1) is 24.0 Å². The van der Waals surface area contributed by atoms with E-state index in [1.165, 1.54) is 5.56 Å². The lowest BCUT2D eigenvalue weighted by molar-refractivity contribution is 0.0487. The molecule has 0 fully saturated rings. The summed E-state index contributed by atoms with van der Waals surface area (Å²) in [5, 5.41) is 6.62. The molecule has 0 bridgehead atoms. The highest BCUT2D eigenvalue weighted by atomic mass is 127. The Hall–Kier alpha value is -1.06. The molecule has 1 aromatic carbocycles. The van der Waals surface area contributed by atoms with Gasteiger partial charge in [-0.05, 0) is 36.5 Å². The zero-order valence-corrected chi connectivity index (χ0v) is 20.2. The van der Waals surface area contributed by atoms with E-state index in [-0.39, 0.29) is 24.0 Å². The molecule has 0 saturated carbocycles. The van der Waals surface area contributed by atoms with Crippen LogP contribution in [0.5, 0.6) is 5.75 Å². The summed E-state index contributed by atoms with van der Waals surface area (Å²) in [4.78, 5) is 4.25. The Morgan fingerprint density at radius 3 is 2.25 bits per heavy atom. The summed E-state index contributed by atoms with van der Waals surface area (Å²) in [7, 11) is 3.47. The maximum absolute atomic E-state index is 5.55. The van der Waals surface area contributed by atoms with E-state index < -0.39 is 0 Å². The molecule has 0 aliphatic rings. The lowest BCUT2D eigenvalue weighted by atomic mass is 9.98. The van der Waals surface area contributed by atoms with Crippen molar-refractivity contribution in [3.8, 4) is 5.75 Å². The molecule has 1 atom stereocenters. The van der Waals surface area contributed by atoms with Gasteiger partial charge in [0.25, 0.3) is 0 Å². The van der Waals surface area contributed by atoms with Crippen molar-refractivity contribution in [2.45, 2.75) is 39.0 Å². The molecule has 0 aromatic heterocycles. The molecule has 162 valence electrons. The number of aliphatic imine (C=N–C) groups is 1. The van der Waals surface area contributed by atoms with E-state index >= 15 is 0 Å². The first kappa shape index (κ1) is 26.9. The van der Waals surface area contributed by atoms with Gasteiger partial charge in [0, 0.05) is 26.7 Å². The summed E-state index contributed by atoms with van der Waals surface area (Å²) in [5.74, 6) is 2.17. The number of rotatable bonds is 14. The van der Waals surface area contributed by atoms with Crippen molar-refractivity contribution in [3.63, 3.8) is 0 Å². The van der Waals surface area contributed by atoms with Gasteiger partial charge in [-0.3, -0.25) is 4.99 Å². The van der Waals surface area contributed by atoms with E-state index in [0.717, 1.165) is 50.7 Å². The van der Waals surface area contributed by atoms with Gasteiger partial charge in [0.05, 0.1) is 26.9 Å². The first-order valence-electron chi connectivity index (χ1n) is 9.95. The lowest BCUT2D eigenvalue weighted by Crippen LogP contribution is -2.39. The summed E-state index contributed by atoms with van der Waals surface area (Å²) in [6.45, 7) is 8.74. The Morgan fingerprint density at radius 1 is 1.00 bits per heavy atom. The fourth-order valence-electron chi connectivity index (χ4n) is 2.54. The molecule has 7 heteroatoms. The summed E-state index contributed by atoms with van der Waals surface area (Å²) in [6.07, 6.45) is 3.30. The van der Waals surface area contributed by atoms with Gasteiger partial charge in [0.2, 0.25) is 0 Å². The van der Waals surface area contributed by atoms with Crippen LogP contribution in [0.2, 0.25) is 0 Å². The van der Waals surface area contributed by atoms with Crippen molar-refractivity contribution in [1.29, 1.82) is 0 Å². The second-order valence-corrected chi connectivity index (χ2v) is 6.47.